The number of hydrogen-bond acceptors (Lipinski definition) is 4. The van der Waals surface area contributed by atoms with Crippen molar-refractivity contribution in [1.29, 1.82) is 0 Å². The van der Waals surface area contributed by atoms with Gasteiger partial charge in [-0.25, -0.2) is 0 Å². The van der Waals surface area contributed by atoms with Crippen LogP contribution < -0.4 is 15.4 Å². The number of carbonyl (C=O) groups is 1. The van der Waals surface area contributed by atoms with E-state index in [4.69, 9.17) is 21.7 Å². The van der Waals surface area contributed by atoms with E-state index >= 15 is 0 Å². The molecule has 0 fully saturated rings. The molecular weight excluding hydrogens is 393 g/mol. The molecule has 2 aromatic rings. The Kier molecular flexibility index (Phi) is 7.77. The molecule has 0 aliphatic heterocycles. The number of benzene rings is 2. The molecule has 28 heavy (non-hydrogen) atoms. The molecule has 0 atom stereocenters. The predicted octanol–water partition coefficient (Wildman–Crippen LogP) is 4.25. The standard InChI is InChI=1S/C19H19F3N2O3S/c1-2-26-9-10-27-16-8-3-5-13(11-16)17(25)24-18(28)23-15-7-4-6-14(12-15)19(20,21)22/h3-8,11-12H,2,9-10H2,1H3,(H2,23,24,25,28). The van der Waals surface area contributed by atoms with Crippen molar-refractivity contribution in [3.63, 3.8) is 0 Å². The van der Waals surface area contributed by atoms with Gasteiger partial charge in [-0.3, -0.25) is 10.1 Å². The van der Waals surface area contributed by atoms with Crippen LogP contribution in [-0.2, 0) is 10.9 Å². The van der Waals surface area contributed by atoms with E-state index in [0.717, 1.165) is 12.1 Å². The smallest absolute Gasteiger partial charge is 0.416 e. The molecule has 0 unspecified atom stereocenters. The van der Waals surface area contributed by atoms with Gasteiger partial charge in [-0.15, -0.1) is 0 Å². The zero-order valence-corrected chi connectivity index (χ0v) is 15.8. The first-order chi connectivity index (χ1) is 13.3. The second kappa shape index (κ2) is 10.0. The summed E-state index contributed by atoms with van der Waals surface area (Å²) in [6.45, 7) is 3.23. The Morgan fingerprint density at radius 2 is 1.86 bits per heavy atom. The number of alkyl halides is 3. The summed E-state index contributed by atoms with van der Waals surface area (Å²) in [5.41, 5.74) is -0.404. The minimum Gasteiger partial charge on any atom is -0.491 e. The van der Waals surface area contributed by atoms with Crippen molar-refractivity contribution in [2.45, 2.75) is 13.1 Å². The Hall–Kier alpha value is -2.65. The van der Waals surface area contributed by atoms with Gasteiger partial charge < -0.3 is 14.8 Å². The molecule has 5 nitrogen and oxygen atoms in total. The van der Waals surface area contributed by atoms with E-state index in [-0.39, 0.29) is 10.8 Å². The molecule has 0 saturated carbocycles. The lowest BCUT2D eigenvalue weighted by Crippen LogP contribution is -2.34. The molecule has 2 rings (SSSR count). The summed E-state index contributed by atoms with van der Waals surface area (Å²) < 4.78 is 48.9. The number of nitrogens with one attached hydrogen (secondary N) is 2. The van der Waals surface area contributed by atoms with Crippen LogP contribution in [0.25, 0.3) is 0 Å². The van der Waals surface area contributed by atoms with Crippen molar-refractivity contribution >= 4 is 28.9 Å². The van der Waals surface area contributed by atoms with E-state index in [1.807, 2.05) is 6.92 Å². The first kappa shape index (κ1) is 21.6. The minimum absolute atomic E-state index is 0.119. The fourth-order valence-corrected chi connectivity index (χ4v) is 2.41. The van der Waals surface area contributed by atoms with Gasteiger partial charge in [0.25, 0.3) is 5.91 Å². The van der Waals surface area contributed by atoms with Gasteiger partial charge in [-0.05, 0) is 55.5 Å². The summed E-state index contributed by atoms with van der Waals surface area (Å²) in [5.74, 6) is -0.0242. The topological polar surface area (TPSA) is 59.6 Å². The summed E-state index contributed by atoms with van der Waals surface area (Å²) in [4.78, 5) is 12.3. The first-order valence-electron chi connectivity index (χ1n) is 8.40. The van der Waals surface area contributed by atoms with Gasteiger partial charge in [-0.1, -0.05) is 12.1 Å². The molecule has 0 bridgehead atoms. The van der Waals surface area contributed by atoms with Crippen LogP contribution in [0, 0.1) is 0 Å². The maximum absolute atomic E-state index is 12.8. The van der Waals surface area contributed by atoms with Crippen LogP contribution in [0.1, 0.15) is 22.8 Å². The summed E-state index contributed by atoms with van der Waals surface area (Å²) in [6.07, 6.45) is -4.47. The van der Waals surface area contributed by atoms with E-state index in [9.17, 15) is 18.0 Å². The van der Waals surface area contributed by atoms with E-state index < -0.39 is 17.6 Å². The van der Waals surface area contributed by atoms with Crippen LogP contribution in [0.4, 0.5) is 18.9 Å². The summed E-state index contributed by atoms with van der Waals surface area (Å²) in [6, 6.07) is 11.0. The third-order valence-corrected chi connectivity index (χ3v) is 3.68. The van der Waals surface area contributed by atoms with Gasteiger partial charge in [0.1, 0.15) is 12.4 Å². The highest BCUT2D eigenvalue weighted by Gasteiger charge is 2.30. The number of halogens is 3. The average molecular weight is 412 g/mol. The Labute approximate surface area is 165 Å². The summed E-state index contributed by atoms with van der Waals surface area (Å²) in [5, 5.41) is 4.88. The number of ether oxygens (including phenoxy) is 2. The molecular formula is C19H19F3N2O3S. The zero-order valence-electron chi connectivity index (χ0n) is 15.0. The van der Waals surface area contributed by atoms with Crippen LogP contribution in [-0.4, -0.2) is 30.8 Å². The Bertz CT molecular complexity index is 828. The molecule has 0 spiro atoms. The monoisotopic (exact) mass is 412 g/mol. The Balaban J connectivity index is 1.94. The molecule has 2 aromatic carbocycles. The molecule has 9 heteroatoms. The predicted molar refractivity (Wildman–Crippen MR) is 104 cm³/mol. The second-order valence-electron chi connectivity index (χ2n) is 5.56. The number of thiocarbonyl (C=S) groups is 1. The number of hydrogen-bond donors (Lipinski definition) is 2. The maximum Gasteiger partial charge on any atom is 0.416 e. The van der Waals surface area contributed by atoms with E-state index in [1.165, 1.54) is 18.2 Å². The molecule has 0 aromatic heterocycles. The van der Waals surface area contributed by atoms with Gasteiger partial charge in [-0.2, -0.15) is 13.2 Å². The van der Waals surface area contributed by atoms with Crippen LogP contribution in [0.2, 0.25) is 0 Å². The van der Waals surface area contributed by atoms with E-state index in [2.05, 4.69) is 10.6 Å². The highest BCUT2D eigenvalue weighted by molar-refractivity contribution is 7.80. The van der Waals surface area contributed by atoms with Gasteiger partial charge in [0, 0.05) is 17.9 Å². The van der Waals surface area contributed by atoms with Crippen LogP contribution in [0.5, 0.6) is 5.75 Å². The zero-order chi connectivity index (χ0) is 20.6. The van der Waals surface area contributed by atoms with Gasteiger partial charge >= 0.3 is 6.18 Å². The largest absolute Gasteiger partial charge is 0.491 e. The van der Waals surface area contributed by atoms with Crippen molar-refractivity contribution < 1.29 is 27.4 Å². The second-order valence-corrected chi connectivity index (χ2v) is 5.97. The van der Waals surface area contributed by atoms with Crippen molar-refractivity contribution in [2.24, 2.45) is 0 Å². The molecule has 150 valence electrons. The first-order valence-corrected chi connectivity index (χ1v) is 8.80. The van der Waals surface area contributed by atoms with Crippen molar-refractivity contribution in [3.8, 4) is 5.75 Å². The molecule has 0 aliphatic rings. The number of rotatable bonds is 7. The van der Waals surface area contributed by atoms with Crippen LogP contribution in [0.3, 0.4) is 0 Å². The van der Waals surface area contributed by atoms with Crippen LogP contribution in [0.15, 0.2) is 48.5 Å². The highest BCUT2D eigenvalue weighted by atomic mass is 32.1. The Morgan fingerprint density at radius 3 is 2.57 bits per heavy atom. The quantitative estimate of drug-likeness (QED) is 0.526. The molecule has 2 N–H and O–H groups in total. The van der Waals surface area contributed by atoms with Gasteiger partial charge in [0.05, 0.1) is 12.2 Å². The highest BCUT2D eigenvalue weighted by Crippen LogP contribution is 2.30. The third kappa shape index (κ3) is 6.82. The van der Waals surface area contributed by atoms with Gasteiger partial charge in [0.15, 0.2) is 5.11 Å². The molecule has 0 saturated heterocycles. The lowest BCUT2D eigenvalue weighted by Gasteiger charge is -2.12. The summed E-state index contributed by atoms with van der Waals surface area (Å²) >= 11 is 5.01. The van der Waals surface area contributed by atoms with E-state index in [1.54, 1.807) is 18.2 Å². The number of anilines is 1. The lowest BCUT2D eigenvalue weighted by molar-refractivity contribution is -0.137. The average Bonchev–Trinajstić information content (AvgIpc) is 2.65. The lowest BCUT2D eigenvalue weighted by atomic mass is 10.2. The third-order valence-electron chi connectivity index (χ3n) is 3.47. The fourth-order valence-electron chi connectivity index (χ4n) is 2.20. The number of carbonyl (C=O) groups excluding carboxylic acids is 1. The normalized spacial score (nSPS) is 11.0. The molecule has 0 radical (unpaired) electrons. The molecule has 0 heterocycles. The van der Waals surface area contributed by atoms with Gasteiger partial charge in [0.2, 0.25) is 0 Å². The number of amides is 1. The van der Waals surface area contributed by atoms with Crippen molar-refractivity contribution in [1.82, 2.24) is 5.32 Å². The summed E-state index contributed by atoms with van der Waals surface area (Å²) in [7, 11) is 0. The minimum atomic E-state index is -4.47. The molecule has 0 aliphatic carbocycles. The van der Waals surface area contributed by atoms with Crippen LogP contribution >= 0.6 is 12.2 Å². The fraction of sp³-hybridized carbons (Fsp3) is 0.263. The Morgan fingerprint density at radius 1 is 1.11 bits per heavy atom. The SMILES string of the molecule is CCOCCOc1cccc(C(=O)NC(=S)Nc2cccc(C(F)(F)F)c2)c1. The van der Waals surface area contributed by atoms with Crippen molar-refractivity contribution in [2.75, 3.05) is 25.1 Å². The van der Waals surface area contributed by atoms with E-state index in [0.29, 0.717) is 31.1 Å². The molecule has 1 amide bonds. The maximum atomic E-state index is 12.8. The van der Waals surface area contributed by atoms with Crippen molar-refractivity contribution in [3.05, 3.63) is 59.7 Å².